The number of aliphatic hydroxyl groups excluding tert-OH is 1. The quantitative estimate of drug-likeness (QED) is 0.131. The highest BCUT2D eigenvalue weighted by molar-refractivity contribution is 7.99. The van der Waals surface area contributed by atoms with Gasteiger partial charge in [0.25, 0.3) is 6.33 Å². The van der Waals surface area contributed by atoms with E-state index in [9.17, 15) is 30.0 Å². The number of β-lactam (4-membered cyclic amide) rings is 1. The van der Waals surface area contributed by atoms with Crippen molar-refractivity contribution < 1.29 is 34.4 Å². The van der Waals surface area contributed by atoms with Crippen LogP contribution in [0.2, 0.25) is 0 Å². The fourth-order valence-corrected chi connectivity index (χ4v) is 7.88. The van der Waals surface area contributed by atoms with Crippen LogP contribution in [0.4, 0.5) is 0 Å². The van der Waals surface area contributed by atoms with Crippen molar-refractivity contribution in [3.05, 3.63) is 46.9 Å². The third kappa shape index (κ3) is 4.27. The second-order valence-electron chi connectivity index (χ2n) is 9.51. The number of aromatic nitrogens is 2. The van der Waals surface area contributed by atoms with Crippen molar-refractivity contribution in [3.63, 3.8) is 0 Å². The third-order valence-electron chi connectivity index (χ3n) is 6.94. The molecule has 0 spiro atoms. The first kappa shape index (κ1) is 25.6. The summed E-state index contributed by atoms with van der Waals surface area (Å²) in [7, 11) is 0. The van der Waals surface area contributed by atoms with E-state index in [-0.39, 0.29) is 23.1 Å². The van der Waals surface area contributed by atoms with Crippen LogP contribution in [-0.2, 0) is 16.1 Å². The van der Waals surface area contributed by atoms with Gasteiger partial charge in [-0.3, -0.25) is 4.79 Å². The normalized spacial score (nSPS) is 22.0. The highest BCUT2D eigenvalue weighted by Crippen LogP contribution is 2.51. The van der Waals surface area contributed by atoms with Gasteiger partial charge in [0, 0.05) is 28.9 Å². The number of nitrogens with zero attached hydrogens (tertiary/aromatic N) is 3. The van der Waals surface area contributed by atoms with Crippen LogP contribution in [0.1, 0.15) is 30.7 Å². The number of nitrogens with two attached hydrogens (primary N) is 1. The van der Waals surface area contributed by atoms with Gasteiger partial charge >= 0.3 is 0 Å². The smallest absolute Gasteiger partial charge is 0.250 e. The molecule has 4 atom stereocenters. The van der Waals surface area contributed by atoms with Gasteiger partial charge in [-0.05, 0) is 32.0 Å². The van der Waals surface area contributed by atoms with Gasteiger partial charge < -0.3 is 35.9 Å². The number of imidazole rings is 1. The first-order valence-corrected chi connectivity index (χ1v) is 13.8. The van der Waals surface area contributed by atoms with Crippen LogP contribution >= 0.6 is 23.1 Å². The second kappa shape index (κ2) is 9.67. The van der Waals surface area contributed by atoms with E-state index in [1.807, 2.05) is 28.4 Å². The van der Waals surface area contributed by atoms with Crippen LogP contribution in [0.5, 0.6) is 11.5 Å². The maximum Gasteiger partial charge on any atom is 0.250 e. The maximum absolute atomic E-state index is 12.7. The summed E-state index contributed by atoms with van der Waals surface area (Å²) >= 11 is 3.05. The molecule has 2 aromatic heterocycles. The zero-order chi connectivity index (χ0) is 26.6. The number of carboxylic acids is 1. The lowest BCUT2D eigenvalue weighted by Gasteiger charge is -2.47. The molecule has 0 saturated carbocycles. The number of carboxylic acid groups (broad SMARTS) is 1. The molecular formula is C25H28N4O6S2. The van der Waals surface area contributed by atoms with Crippen LogP contribution in [0, 0.1) is 11.8 Å². The van der Waals surface area contributed by atoms with E-state index in [1.165, 1.54) is 22.3 Å². The summed E-state index contributed by atoms with van der Waals surface area (Å²) in [6, 6.07) is 4.04. The summed E-state index contributed by atoms with van der Waals surface area (Å²) in [5, 5.41) is 43.0. The zero-order valence-corrected chi connectivity index (χ0v) is 22.0. The van der Waals surface area contributed by atoms with Crippen LogP contribution in [0.25, 0.3) is 10.4 Å². The lowest BCUT2D eigenvalue weighted by molar-refractivity contribution is -0.508. The molecule has 1 amide bonds. The number of aromatic hydroxyl groups is 2. The van der Waals surface area contributed by atoms with Crippen molar-refractivity contribution in [2.75, 3.05) is 12.3 Å². The van der Waals surface area contributed by atoms with Gasteiger partial charge in [0.1, 0.15) is 24.2 Å². The molecule has 4 heterocycles. The highest BCUT2D eigenvalue weighted by atomic mass is 32.2. The molecule has 0 radical (unpaired) electrons. The molecule has 12 heteroatoms. The standard InChI is InChI=1S/C25H28N4O6S2/c1-12-18(21(25(34)35)29-20(12)19(13(2)30)22(29)33)17-10-28-11-27(9-14-6-15(31)8-16(32)7-14)23(24(28)37-17)36-5-3-4-26/h6-8,10-13,19-20,30H,3-5,9,26H2,1-2H3,(H2-,31,32,34,35)/t12-,13+,19+,20-/m0/s1. The number of phenolic OH excluding ortho intramolecular Hbond substituents is 2. The average Bonchev–Trinajstić information content (AvgIpc) is 3.41. The van der Waals surface area contributed by atoms with Crippen molar-refractivity contribution in [1.82, 2.24) is 9.47 Å². The molecule has 5 rings (SSSR count). The van der Waals surface area contributed by atoms with Gasteiger partial charge in [0.15, 0.2) is 0 Å². The number of carbonyl (C=O) groups excluding carboxylic acids is 2. The van der Waals surface area contributed by atoms with Crippen molar-refractivity contribution in [2.24, 2.45) is 17.6 Å². The minimum atomic E-state index is -1.41. The van der Waals surface area contributed by atoms with Gasteiger partial charge in [0.2, 0.25) is 15.8 Å². The number of fused-ring (bicyclic) bond motifs is 2. The Labute approximate surface area is 221 Å². The molecular weight excluding hydrogens is 516 g/mol. The summed E-state index contributed by atoms with van der Waals surface area (Å²) in [5.41, 5.74) is 6.84. The van der Waals surface area contributed by atoms with E-state index >= 15 is 0 Å². The zero-order valence-electron chi connectivity index (χ0n) is 20.3. The molecule has 5 N–H and O–H groups in total. The Bertz CT molecular complexity index is 1410. The molecule has 0 unspecified atom stereocenters. The summed E-state index contributed by atoms with van der Waals surface area (Å²) in [6.45, 7) is 4.38. The topological polar surface area (TPSA) is 156 Å². The predicted molar refractivity (Wildman–Crippen MR) is 136 cm³/mol. The first-order valence-electron chi connectivity index (χ1n) is 12.0. The molecule has 1 saturated heterocycles. The number of aliphatic carboxylic acids is 1. The summed E-state index contributed by atoms with van der Waals surface area (Å²) < 4.78 is 3.93. The Kier molecular flexibility index (Phi) is 6.69. The number of rotatable bonds is 9. The molecule has 37 heavy (non-hydrogen) atoms. The summed E-state index contributed by atoms with van der Waals surface area (Å²) in [5.74, 6) is -2.00. The number of carbonyl (C=O) groups is 2. The lowest BCUT2D eigenvalue weighted by atomic mass is 9.77. The van der Waals surface area contributed by atoms with Crippen molar-refractivity contribution in [1.29, 1.82) is 0 Å². The Morgan fingerprint density at radius 3 is 2.62 bits per heavy atom. The van der Waals surface area contributed by atoms with E-state index in [2.05, 4.69) is 0 Å². The Balaban J connectivity index is 1.56. The minimum absolute atomic E-state index is 0.0251. The average molecular weight is 545 g/mol. The Morgan fingerprint density at radius 2 is 2.00 bits per heavy atom. The lowest BCUT2D eigenvalue weighted by Crippen LogP contribution is -2.64. The SMILES string of the molecule is C[C@@H](O)[C@H]1C(=O)N2C(C(=O)[O-])=C(c3c[n+]4cn(Cc5cc(O)cc(O)c5)c(SCCCN)c4s3)[C@H](C)[C@@H]12. The molecule has 0 bridgehead atoms. The summed E-state index contributed by atoms with van der Waals surface area (Å²) in [6.07, 6.45) is 3.67. The highest BCUT2D eigenvalue weighted by Gasteiger charge is 2.59. The van der Waals surface area contributed by atoms with E-state index in [0.717, 1.165) is 32.5 Å². The molecule has 1 fully saturated rings. The minimum Gasteiger partial charge on any atom is -0.543 e. The largest absolute Gasteiger partial charge is 0.543 e. The van der Waals surface area contributed by atoms with Gasteiger partial charge in [-0.15, -0.1) is 0 Å². The van der Waals surface area contributed by atoms with E-state index in [1.54, 1.807) is 30.8 Å². The number of hydrogen-bond donors (Lipinski definition) is 4. The second-order valence-corrected chi connectivity index (χ2v) is 11.6. The van der Waals surface area contributed by atoms with Crippen molar-refractivity contribution in [3.8, 4) is 11.5 Å². The van der Waals surface area contributed by atoms with Gasteiger partial charge in [-0.1, -0.05) is 30.0 Å². The number of thioether (sulfide) groups is 1. The van der Waals surface area contributed by atoms with Gasteiger partial charge in [-0.25, -0.2) is 4.57 Å². The predicted octanol–water partition coefficient (Wildman–Crippen LogP) is 0.507. The van der Waals surface area contributed by atoms with Crippen LogP contribution in [0.3, 0.4) is 0 Å². The number of hydrogen-bond acceptors (Lipinski definition) is 9. The molecule has 2 aliphatic heterocycles. The van der Waals surface area contributed by atoms with Crippen LogP contribution in [-0.4, -0.2) is 61.1 Å². The number of benzene rings is 1. The monoisotopic (exact) mass is 544 g/mol. The third-order valence-corrected chi connectivity index (χ3v) is 9.40. The molecule has 3 aromatic rings. The van der Waals surface area contributed by atoms with Gasteiger partial charge in [-0.2, -0.15) is 4.40 Å². The number of aliphatic hydroxyl groups is 1. The van der Waals surface area contributed by atoms with E-state index in [0.29, 0.717) is 18.7 Å². The van der Waals surface area contributed by atoms with Crippen LogP contribution < -0.4 is 15.2 Å². The van der Waals surface area contributed by atoms with E-state index in [4.69, 9.17) is 5.73 Å². The molecule has 10 nitrogen and oxygen atoms in total. The number of phenols is 2. The molecule has 196 valence electrons. The molecule has 0 aliphatic carbocycles. The molecule has 1 aromatic carbocycles. The van der Waals surface area contributed by atoms with Crippen LogP contribution in [0.15, 0.2) is 41.4 Å². The van der Waals surface area contributed by atoms with Gasteiger partial charge in [0.05, 0.1) is 34.6 Å². The van der Waals surface area contributed by atoms with Crippen molar-refractivity contribution >= 4 is 45.4 Å². The Hall–Kier alpha value is -3.06. The number of thiazole rings is 1. The summed E-state index contributed by atoms with van der Waals surface area (Å²) in [4.78, 5) is 27.7. The maximum atomic E-state index is 12.7. The fraction of sp³-hybridized carbons (Fsp3) is 0.400. The molecule has 2 aliphatic rings. The van der Waals surface area contributed by atoms with Crippen molar-refractivity contribution in [2.45, 2.75) is 44.0 Å². The first-order chi connectivity index (χ1) is 17.6. The fourth-order valence-electron chi connectivity index (χ4n) is 5.40. The Morgan fingerprint density at radius 1 is 1.30 bits per heavy atom. The number of amides is 1. The van der Waals surface area contributed by atoms with E-state index < -0.39 is 29.9 Å².